The summed E-state index contributed by atoms with van der Waals surface area (Å²) in [7, 11) is 3.17. The fourth-order valence-corrected chi connectivity index (χ4v) is 2.71. The predicted octanol–water partition coefficient (Wildman–Crippen LogP) is 1.92. The standard InChI is InChI=1S/C15H21FN2O2/c1-18(15(19)11-4-5-12(17)8-11)9-10-3-6-14(20-2)13(16)7-10/h3,6-7,11-12H,4-5,8-9,17H2,1-2H3/t11-,12+/m1/s1. The molecule has 1 aliphatic carbocycles. The predicted molar refractivity (Wildman–Crippen MR) is 74.7 cm³/mol. The molecular weight excluding hydrogens is 259 g/mol. The zero-order valence-electron chi connectivity index (χ0n) is 11.9. The van der Waals surface area contributed by atoms with Crippen LogP contribution in [-0.4, -0.2) is 31.0 Å². The maximum atomic E-state index is 13.6. The molecule has 1 aromatic rings. The first-order valence-corrected chi connectivity index (χ1v) is 6.84. The first kappa shape index (κ1) is 14.8. The van der Waals surface area contributed by atoms with Crippen molar-refractivity contribution in [1.29, 1.82) is 0 Å². The molecule has 0 radical (unpaired) electrons. The van der Waals surface area contributed by atoms with E-state index in [1.54, 1.807) is 24.1 Å². The molecule has 4 nitrogen and oxygen atoms in total. The van der Waals surface area contributed by atoms with E-state index in [0.29, 0.717) is 6.54 Å². The van der Waals surface area contributed by atoms with E-state index in [4.69, 9.17) is 10.5 Å². The van der Waals surface area contributed by atoms with Crippen LogP contribution in [0.3, 0.4) is 0 Å². The van der Waals surface area contributed by atoms with Crippen LogP contribution in [-0.2, 0) is 11.3 Å². The molecule has 0 saturated heterocycles. The highest BCUT2D eigenvalue weighted by Crippen LogP contribution is 2.26. The van der Waals surface area contributed by atoms with E-state index in [1.807, 2.05) is 0 Å². The normalized spacial score (nSPS) is 21.8. The Kier molecular flexibility index (Phi) is 4.60. The maximum Gasteiger partial charge on any atom is 0.225 e. The number of hydrogen-bond donors (Lipinski definition) is 1. The molecule has 20 heavy (non-hydrogen) atoms. The Labute approximate surface area is 118 Å². The van der Waals surface area contributed by atoms with Crippen molar-refractivity contribution in [2.45, 2.75) is 31.8 Å². The van der Waals surface area contributed by atoms with Gasteiger partial charge in [0.1, 0.15) is 0 Å². The van der Waals surface area contributed by atoms with Gasteiger partial charge in [-0.2, -0.15) is 0 Å². The molecule has 110 valence electrons. The summed E-state index contributed by atoms with van der Waals surface area (Å²) in [6.45, 7) is 0.394. The zero-order valence-corrected chi connectivity index (χ0v) is 11.9. The third-order valence-corrected chi connectivity index (χ3v) is 3.83. The van der Waals surface area contributed by atoms with E-state index in [-0.39, 0.29) is 23.6 Å². The minimum atomic E-state index is -0.409. The number of benzene rings is 1. The summed E-state index contributed by atoms with van der Waals surface area (Å²) in [6.07, 6.45) is 2.50. The molecular formula is C15H21FN2O2. The number of carbonyl (C=O) groups excluding carboxylic acids is 1. The molecule has 0 aromatic heterocycles. The first-order valence-electron chi connectivity index (χ1n) is 6.84. The summed E-state index contributed by atoms with van der Waals surface area (Å²) in [5.41, 5.74) is 6.58. The number of nitrogens with two attached hydrogens (primary N) is 1. The highest BCUT2D eigenvalue weighted by atomic mass is 19.1. The fraction of sp³-hybridized carbons (Fsp3) is 0.533. The molecule has 1 amide bonds. The van der Waals surface area contributed by atoms with Crippen LogP contribution >= 0.6 is 0 Å². The molecule has 2 rings (SSSR count). The number of methoxy groups -OCH3 is 1. The average molecular weight is 280 g/mol. The van der Waals surface area contributed by atoms with Gasteiger partial charge >= 0.3 is 0 Å². The Morgan fingerprint density at radius 2 is 2.25 bits per heavy atom. The molecule has 0 spiro atoms. The van der Waals surface area contributed by atoms with E-state index < -0.39 is 5.82 Å². The van der Waals surface area contributed by atoms with Gasteiger partial charge in [0.05, 0.1) is 7.11 Å². The molecule has 0 bridgehead atoms. The number of amides is 1. The fourth-order valence-electron chi connectivity index (χ4n) is 2.71. The molecule has 1 aliphatic rings. The Morgan fingerprint density at radius 1 is 1.50 bits per heavy atom. The lowest BCUT2D eigenvalue weighted by Gasteiger charge is -2.21. The number of hydrogen-bond acceptors (Lipinski definition) is 3. The minimum absolute atomic E-state index is 0.0121. The van der Waals surface area contributed by atoms with Crippen LogP contribution < -0.4 is 10.5 Å². The van der Waals surface area contributed by atoms with Crippen molar-refractivity contribution in [3.63, 3.8) is 0 Å². The Morgan fingerprint density at radius 3 is 2.80 bits per heavy atom. The van der Waals surface area contributed by atoms with Gasteiger partial charge in [0.15, 0.2) is 11.6 Å². The monoisotopic (exact) mass is 280 g/mol. The topological polar surface area (TPSA) is 55.6 Å². The number of halogens is 1. The number of rotatable bonds is 4. The second-order valence-electron chi connectivity index (χ2n) is 5.43. The number of nitrogens with zero attached hydrogens (tertiary/aromatic N) is 1. The van der Waals surface area contributed by atoms with Gasteiger partial charge in [0, 0.05) is 25.6 Å². The van der Waals surface area contributed by atoms with Crippen molar-refractivity contribution in [3.05, 3.63) is 29.6 Å². The summed E-state index contributed by atoms with van der Waals surface area (Å²) in [5.74, 6) is -0.0921. The van der Waals surface area contributed by atoms with Gasteiger partial charge in [-0.3, -0.25) is 4.79 Å². The van der Waals surface area contributed by atoms with Crippen molar-refractivity contribution in [3.8, 4) is 5.75 Å². The Balaban J connectivity index is 1.98. The molecule has 0 unspecified atom stereocenters. The van der Waals surface area contributed by atoms with Gasteiger partial charge < -0.3 is 15.4 Å². The third kappa shape index (κ3) is 3.28. The van der Waals surface area contributed by atoms with Crippen LogP contribution in [0.1, 0.15) is 24.8 Å². The van der Waals surface area contributed by atoms with Gasteiger partial charge in [-0.15, -0.1) is 0 Å². The van der Waals surface area contributed by atoms with Gasteiger partial charge in [-0.05, 0) is 37.0 Å². The number of carbonyl (C=O) groups is 1. The van der Waals surface area contributed by atoms with E-state index >= 15 is 0 Å². The lowest BCUT2D eigenvalue weighted by molar-refractivity contribution is -0.134. The largest absolute Gasteiger partial charge is 0.494 e. The summed E-state index contributed by atoms with van der Waals surface area (Å²) < 4.78 is 18.5. The van der Waals surface area contributed by atoms with Crippen LogP contribution in [0.4, 0.5) is 4.39 Å². The van der Waals surface area contributed by atoms with Crippen LogP contribution in [0.15, 0.2) is 18.2 Å². The van der Waals surface area contributed by atoms with E-state index in [9.17, 15) is 9.18 Å². The van der Waals surface area contributed by atoms with Crippen molar-refractivity contribution < 1.29 is 13.9 Å². The Hall–Kier alpha value is -1.62. The first-order chi connectivity index (χ1) is 9.51. The molecule has 1 aromatic carbocycles. The maximum absolute atomic E-state index is 13.6. The van der Waals surface area contributed by atoms with Crippen LogP contribution in [0.5, 0.6) is 5.75 Å². The van der Waals surface area contributed by atoms with Gasteiger partial charge in [0.25, 0.3) is 0 Å². The van der Waals surface area contributed by atoms with E-state index in [0.717, 1.165) is 24.8 Å². The average Bonchev–Trinajstić information content (AvgIpc) is 2.84. The molecule has 2 N–H and O–H groups in total. The second kappa shape index (κ2) is 6.22. The molecule has 0 aliphatic heterocycles. The third-order valence-electron chi connectivity index (χ3n) is 3.83. The van der Waals surface area contributed by atoms with Crippen LogP contribution in [0.2, 0.25) is 0 Å². The Bertz CT molecular complexity index is 493. The van der Waals surface area contributed by atoms with E-state index in [2.05, 4.69) is 0 Å². The lowest BCUT2D eigenvalue weighted by atomic mass is 10.1. The summed E-state index contributed by atoms with van der Waals surface area (Å²) in [4.78, 5) is 13.9. The quantitative estimate of drug-likeness (QED) is 0.916. The lowest BCUT2D eigenvalue weighted by Crippen LogP contribution is -2.32. The van der Waals surface area contributed by atoms with Crippen molar-refractivity contribution in [1.82, 2.24) is 4.90 Å². The molecule has 2 atom stereocenters. The van der Waals surface area contributed by atoms with E-state index in [1.165, 1.54) is 13.2 Å². The summed E-state index contributed by atoms with van der Waals surface area (Å²) in [6, 6.07) is 4.89. The SMILES string of the molecule is COc1ccc(CN(C)C(=O)[C@@H]2CC[C@H](N)C2)cc1F. The zero-order chi connectivity index (χ0) is 14.7. The van der Waals surface area contributed by atoms with Crippen LogP contribution in [0, 0.1) is 11.7 Å². The molecule has 1 fully saturated rings. The second-order valence-corrected chi connectivity index (χ2v) is 5.43. The number of ether oxygens (including phenoxy) is 1. The molecule has 0 heterocycles. The highest BCUT2D eigenvalue weighted by molar-refractivity contribution is 5.79. The minimum Gasteiger partial charge on any atom is -0.494 e. The van der Waals surface area contributed by atoms with Gasteiger partial charge in [0.2, 0.25) is 5.91 Å². The van der Waals surface area contributed by atoms with Crippen molar-refractivity contribution >= 4 is 5.91 Å². The van der Waals surface area contributed by atoms with Crippen molar-refractivity contribution in [2.75, 3.05) is 14.2 Å². The van der Waals surface area contributed by atoms with Crippen molar-refractivity contribution in [2.24, 2.45) is 11.7 Å². The van der Waals surface area contributed by atoms with Gasteiger partial charge in [-0.25, -0.2) is 4.39 Å². The summed E-state index contributed by atoms with van der Waals surface area (Å²) >= 11 is 0. The molecule has 1 saturated carbocycles. The van der Waals surface area contributed by atoms with Gasteiger partial charge in [-0.1, -0.05) is 6.07 Å². The smallest absolute Gasteiger partial charge is 0.225 e. The van der Waals surface area contributed by atoms with Crippen LogP contribution in [0.25, 0.3) is 0 Å². The molecule has 5 heteroatoms. The highest BCUT2D eigenvalue weighted by Gasteiger charge is 2.29. The summed E-state index contributed by atoms with van der Waals surface area (Å²) in [5, 5.41) is 0.